The van der Waals surface area contributed by atoms with E-state index in [1.165, 1.54) is 11.3 Å². The fourth-order valence-corrected chi connectivity index (χ4v) is 6.00. The minimum absolute atomic E-state index is 0.0498. The van der Waals surface area contributed by atoms with E-state index in [2.05, 4.69) is 15.4 Å². The number of nitrogens with one attached hydrogen (secondary N) is 1. The number of carbonyl (C=O) groups is 2. The molecule has 4 fully saturated rings. The van der Waals surface area contributed by atoms with E-state index in [-0.39, 0.29) is 22.8 Å². The fourth-order valence-electron chi connectivity index (χ4n) is 6.00. The lowest BCUT2D eigenvalue weighted by Crippen LogP contribution is -2.62. The van der Waals surface area contributed by atoms with Crippen LogP contribution in [0.25, 0.3) is 0 Å². The monoisotopic (exact) mass is 345 g/mol. The molecule has 5 atom stereocenters. The van der Waals surface area contributed by atoms with Gasteiger partial charge in [0.1, 0.15) is 18.7 Å². The van der Waals surface area contributed by atoms with Crippen molar-refractivity contribution in [3.63, 3.8) is 0 Å². The molecule has 2 amide bonds. The standard InChI is InChI=1S/C18H27N5O2/c1-12(15(24)22(2)3)21-16(25)17-5-13-4-14(6-17)8-18(7-13,9-17)23-11-19-10-20-23/h10-14H,4-9H2,1-3H3,(H,21,25)/t12?,13-,14+,17?,18?. The van der Waals surface area contributed by atoms with Crippen LogP contribution in [-0.4, -0.2) is 51.6 Å². The molecule has 0 radical (unpaired) electrons. The molecule has 7 nitrogen and oxygen atoms in total. The molecule has 0 aromatic carbocycles. The summed E-state index contributed by atoms with van der Waals surface area (Å²) in [7, 11) is 3.44. The summed E-state index contributed by atoms with van der Waals surface area (Å²) in [5.41, 5.74) is -0.441. The summed E-state index contributed by atoms with van der Waals surface area (Å²) >= 11 is 0. The maximum absolute atomic E-state index is 13.2. The van der Waals surface area contributed by atoms with E-state index in [0.29, 0.717) is 11.8 Å². The van der Waals surface area contributed by atoms with Crippen LogP contribution in [0.2, 0.25) is 0 Å². The maximum atomic E-state index is 13.2. The van der Waals surface area contributed by atoms with Gasteiger partial charge in [-0.25, -0.2) is 9.67 Å². The maximum Gasteiger partial charge on any atom is 0.244 e. The van der Waals surface area contributed by atoms with Crippen LogP contribution in [0, 0.1) is 17.3 Å². The van der Waals surface area contributed by atoms with Crippen molar-refractivity contribution in [2.75, 3.05) is 14.1 Å². The SMILES string of the molecule is CC(NC(=O)C12C[C@H]3C[C@@H](C1)CC(n1cncn1)(C3)C2)C(=O)N(C)C. The average molecular weight is 345 g/mol. The molecule has 3 unspecified atom stereocenters. The van der Waals surface area contributed by atoms with Crippen LogP contribution in [0.15, 0.2) is 12.7 Å². The largest absolute Gasteiger partial charge is 0.347 e. The summed E-state index contributed by atoms with van der Waals surface area (Å²) in [6.07, 6.45) is 9.48. The van der Waals surface area contributed by atoms with Crippen molar-refractivity contribution in [1.29, 1.82) is 0 Å². The summed E-state index contributed by atoms with van der Waals surface area (Å²) in [5, 5.41) is 7.43. The quantitative estimate of drug-likeness (QED) is 0.888. The number of amides is 2. The smallest absolute Gasteiger partial charge is 0.244 e. The molecule has 1 heterocycles. The first-order valence-corrected chi connectivity index (χ1v) is 9.21. The summed E-state index contributed by atoms with van der Waals surface area (Å²) in [5.74, 6) is 1.12. The Kier molecular flexibility index (Phi) is 3.67. The van der Waals surface area contributed by atoms with Gasteiger partial charge >= 0.3 is 0 Å². The van der Waals surface area contributed by atoms with Crippen LogP contribution < -0.4 is 5.32 Å². The Balaban J connectivity index is 1.59. The predicted octanol–water partition coefficient (Wildman–Crippen LogP) is 1.17. The Bertz CT molecular complexity index is 670. The molecule has 0 aliphatic heterocycles. The Labute approximate surface area is 148 Å². The molecule has 4 bridgehead atoms. The molecule has 1 N–H and O–H groups in total. The molecule has 5 rings (SSSR count). The van der Waals surface area contributed by atoms with E-state index >= 15 is 0 Å². The van der Waals surface area contributed by atoms with Crippen molar-refractivity contribution in [2.45, 2.75) is 57.0 Å². The van der Waals surface area contributed by atoms with Crippen molar-refractivity contribution in [1.82, 2.24) is 25.0 Å². The second-order valence-corrected chi connectivity index (χ2v) is 8.73. The number of nitrogens with zero attached hydrogens (tertiary/aromatic N) is 4. The van der Waals surface area contributed by atoms with Crippen molar-refractivity contribution in [3.8, 4) is 0 Å². The highest BCUT2D eigenvalue weighted by atomic mass is 16.2. The molecule has 1 aromatic heterocycles. The average Bonchev–Trinajstić information content (AvgIpc) is 3.08. The summed E-state index contributed by atoms with van der Waals surface area (Å²) in [4.78, 5) is 31.0. The van der Waals surface area contributed by atoms with Crippen molar-refractivity contribution >= 4 is 11.8 Å². The lowest BCUT2D eigenvalue weighted by Gasteiger charge is -2.61. The molecule has 0 spiro atoms. The van der Waals surface area contributed by atoms with Crippen LogP contribution in [0.3, 0.4) is 0 Å². The lowest BCUT2D eigenvalue weighted by atomic mass is 9.46. The Morgan fingerprint density at radius 3 is 2.48 bits per heavy atom. The zero-order valence-corrected chi connectivity index (χ0v) is 15.2. The van der Waals surface area contributed by atoms with Crippen LogP contribution in [0.4, 0.5) is 0 Å². The molecule has 4 aliphatic carbocycles. The van der Waals surface area contributed by atoms with E-state index in [1.807, 2.05) is 4.68 Å². The van der Waals surface area contributed by atoms with Gasteiger partial charge in [0.2, 0.25) is 11.8 Å². The van der Waals surface area contributed by atoms with Crippen molar-refractivity contribution in [3.05, 3.63) is 12.7 Å². The van der Waals surface area contributed by atoms with Gasteiger partial charge in [0.15, 0.2) is 0 Å². The van der Waals surface area contributed by atoms with Gasteiger partial charge < -0.3 is 10.2 Å². The number of hydrogen-bond acceptors (Lipinski definition) is 4. The first-order valence-electron chi connectivity index (χ1n) is 9.21. The second kappa shape index (κ2) is 5.54. The number of carbonyl (C=O) groups excluding carboxylic acids is 2. The van der Waals surface area contributed by atoms with Crippen LogP contribution in [-0.2, 0) is 15.1 Å². The van der Waals surface area contributed by atoms with Gasteiger partial charge in [0, 0.05) is 14.1 Å². The highest BCUT2D eigenvalue weighted by Crippen LogP contribution is 2.64. The third kappa shape index (κ3) is 2.55. The number of hydrogen-bond donors (Lipinski definition) is 1. The summed E-state index contributed by atoms with van der Waals surface area (Å²) in [6, 6.07) is -0.488. The normalized spacial score (nSPS) is 36.9. The van der Waals surface area contributed by atoms with Gasteiger partial charge in [-0.3, -0.25) is 9.59 Å². The van der Waals surface area contributed by atoms with E-state index in [4.69, 9.17) is 0 Å². The first kappa shape index (κ1) is 16.5. The van der Waals surface area contributed by atoms with Crippen LogP contribution in [0.1, 0.15) is 45.4 Å². The minimum Gasteiger partial charge on any atom is -0.347 e. The zero-order chi connectivity index (χ0) is 17.8. The topological polar surface area (TPSA) is 80.1 Å². The Hall–Kier alpha value is -1.92. The van der Waals surface area contributed by atoms with Gasteiger partial charge in [-0.05, 0) is 57.3 Å². The predicted molar refractivity (Wildman–Crippen MR) is 91.4 cm³/mol. The fraction of sp³-hybridized carbons (Fsp3) is 0.778. The third-order valence-electron chi connectivity index (χ3n) is 6.58. The molecule has 7 heteroatoms. The molecule has 25 heavy (non-hydrogen) atoms. The van der Waals surface area contributed by atoms with Gasteiger partial charge in [-0.15, -0.1) is 0 Å². The highest BCUT2D eigenvalue weighted by molar-refractivity contribution is 5.90. The van der Waals surface area contributed by atoms with Crippen molar-refractivity contribution < 1.29 is 9.59 Å². The number of likely N-dealkylation sites (N-methyl/N-ethyl adjacent to an activating group) is 1. The lowest BCUT2D eigenvalue weighted by molar-refractivity contribution is -0.158. The van der Waals surface area contributed by atoms with Crippen LogP contribution >= 0.6 is 0 Å². The molecule has 0 saturated heterocycles. The molecular formula is C18H27N5O2. The molecular weight excluding hydrogens is 318 g/mol. The first-order chi connectivity index (χ1) is 11.8. The Morgan fingerprint density at radius 1 is 1.24 bits per heavy atom. The highest BCUT2D eigenvalue weighted by Gasteiger charge is 2.61. The van der Waals surface area contributed by atoms with Gasteiger partial charge in [-0.2, -0.15) is 5.10 Å². The van der Waals surface area contributed by atoms with Crippen LogP contribution in [0.5, 0.6) is 0 Å². The third-order valence-corrected chi connectivity index (χ3v) is 6.58. The molecule has 1 aromatic rings. The summed E-state index contributed by atoms with van der Waals surface area (Å²) < 4.78 is 2.00. The molecule has 136 valence electrons. The van der Waals surface area contributed by atoms with Gasteiger partial charge in [-0.1, -0.05) is 0 Å². The Morgan fingerprint density at radius 2 is 1.92 bits per heavy atom. The molecule has 4 saturated carbocycles. The van der Waals surface area contributed by atoms with E-state index in [9.17, 15) is 9.59 Å². The van der Waals surface area contributed by atoms with E-state index in [0.717, 1.165) is 32.1 Å². The zero-order valence-electron chi connectivity index (χ0n) is 15.2. The van der Waals surface area contributed by atoms with E-state index < -0.39 is 6.04 Å². The second-order valence-electron chi connectivity index (χ2n) is 8.73. The summed E-state index contributed by atoms with van der Waals surface area (Å²) in [6.45, 7) is 1.77. The minimum atomic E-state index is -0.488. The molecule has 4 aliphatic rings. The van der Waals surface area contributed by atoms with Crippen molar-refractivity contribution in [2.24, 2.45) is 17.3 Å². The van der Waals surface area contributed by atoms with Gasteiger partial charge in [0.05, 0.1) is 11.0 Å². The number of aromatic nitrogens is 3. The number of rotatable bonds is 4. The van der Waals surface area contributed by atoms with E-state index in [1.54, 1.807) is 33.7 Å². The van der Waals surface area contributed by atoms with Gasteiger partial charge in [0.25, 0.3) is 0 Å².